The molecule has 0 aromatic heterocycles. The SMILES string of the molecule is COC(=O)c1ccc(N=Cc2ccc(OCCN3CCCCC3)cc2[O-])c(N=Cc2ccc(OCCN3CCCCC3)cc2[O-])c1.[Cu+2]. The Kier molecular flexibility index (Phi) is 14.1. The van der Waals surface area contributed by atoms with Crippen molar-refractivity contribution in [2.45, 2.75) is 38.5 Å². The van der Waals surface area contributed by atoms with Crippen molar-refractivity contribution in [2.75, 3.05) is 59.6 Å². The van der Waals surface area contributed by atoms with Gasteiger partial charge in [0.05, 0.1) is 24.0 Å². The third-order valence-corrected chi connectivity index (χ3v) is 8.30. The van der Waals surface area contributed by atoms with E-state index in [2.05, 4.69) is 19.8 Å². The zero-order chi connectivity index (χ0) is 32.1. The number of hydrogen-bond acceptors (Lipinski definition) is 10. The van der Waals surface area contributed by atoms with E-state index in [-0.39, 0.29) is 34.1 Å². The number of hydrogen-bond donors (Lipinski definition) is 0. The first-order chi connectivity index (χ1) is 22.5. The van der Waals surface area contributed by atoms with E-state index >= 15 is 0 Å². The molecule has 3 aromatic rings. The molecule has 11 heteroatoms. The average Bonchev–Trinajstić information content (AvgIpc) is 3.08. The molecule has 2 heterocycles. The fourth-order valence-corrected chi connectivity index (χ4v) is 5.63. The van der Waals surface area contributed by atoms with Gasteiger partial charge in [0.25, 0.3) is 0 Å². The van der Waals surface area contributed by atoms with Crippen LogP contribution in [0.5, 0.6) is 23.0 Å². The Morgan fingerprint density at radius 2 is 1.19 bits per heavy atom. The number of esters is 1. The smallest absolute Gasteiger partial charge is 0.872 e. The van der Waals surface area contributed by atoms with E-state index < -0.39 is 5.97 Å². The summed E-state index contributed by atoms with van der Waals surface area (Å²) in [5.41, 5.74) is 1.78. The number of benzene rings is 3. The molecule has 2 aliphatic rings. The molecule has 0 unspecified atom stereocenters. The van der Waals surface area contributed by atoms with Gasteiger partial charge in [-0.3, -0.25) is 19.8 Å². The van der Waals surface area contributed by atoms with Crippen LogP contribution in [0.25, 0.3) is 0 Å². The molecule has 2 fully saturated rings. The third-order valence-electron chi connectivity index (χ3n) is 8.30. The van der Waals surface area contributed by atoms with Crippen LogP contribution in [-0.4, -0.2) is 87.8 Å². The van der Waals surface area contributed by atoms with Crippen LogP contribution in [0.1, 0.15) is 60.0 Å². The normalized spacial score (nSPS) is 15.9. The summed E-state index contributed by atoms with van der Waals surface area (Å²) in [5, 5.41) is 25.6. The summed E-state index contributed by atoms with van der Waals surface area (Å²) in [7, 11) is 1.30. The molecule has 0 saturated carbocycles. The standard InChI is InChI=1S/C36H44N4O6.Cu/c1-44-36(43)27-10-13-32(37-25-28-8-11-30(23-34(28)41)45-20-18-39-14-4-2-5-15-39)33(22-27)38-26-29-9-12-31(24-35(29)42)46-21-19-40-16-6-3-7-17-40;/h8-13,22-26,41-42H,2-7,14-21H2,1H3;/q;+2/p-2. The van der Waals surface area contributed by atoms with E-state index in [0.29, 0.717) is 47.2 Å². The van der Waals surface area contributed by atoms with Gasteiger partial charge in [0.15, 0.2) is 0 Å². The van der Waals surface area contributed by atoms with Crippen molar-refractivity contribution < 1.29 is 46.3 Å². The van der Waals surface area contributed by atoms with Gasteiger partial charge in [0.2, 0.25) is 0 Å². The first-order valence-electron chi connectivity index (χ1n) is 16.1. The summed E-state index contributed by atoms with van der Waals surface area (Å²) < 4.78 is 16.5. The van der Waals surface area contributed by atoms with Gasteiger partial charge in [-0.15, -0.1) is 0 Å². The zero-order valence-corrected chi connectivity index (χ0v) is 27.7. The number of ether oxygens (including phenoxy) is 3. The fraction of sp³-hybridized carbons (Fsp3) is 0.417. The molecule has 5 rings (SSSR count). The maximum Gasteiger partial charge on any atom is 2.00 e. The van der Waals surface area contributed by atoms with Gasteiger partial charge in [-0.25, -0.2) is 4.79 Å². The molecule has 253 valence electrons. The van der Waals surface area contributed by atoms with Crippen LogP contribution < -0.4 is 19.7 Å². The minimum absolute atomic E-state index is 0. The number of methoxy groups -OCH3 is 1. The maximum atomic E-state index is 12.8. The molecule has 0 aliphatic carbocycles. The van der Waals surface area contributed by atoms with E-state index in [1.807, 2.05) is 0 Å². The average molecular weight is 690 g/mol. The first kappa shape index (κ1) is 36.0. The summed E-state index contributed by atoms with van der Waals surface area (Å²) in [4.78, 5) is 26.0. The predicted molar refractivity (Wildman–Crippen MR) is 176 cm³/mol. The van der Waals surface area contributed by atoms with Gasteiger partial charge in [0, 0.05) is 25.5 Å². The zero-order valence-electron chi connectivity index (χ0n) is 26.8. The molecular weight excluding hydrogens is 648 g/mol. The van der Waals surface area contributed by atoms with Crippen LogP contribution in [-0.2, 0) is 21.8 Å². The van der Waals surface area contributed by atoms with Crippen molar-refractivity contribution >= 4 is 29.8 Å². The molecule has 0 N–H and O–H groups in total. The number of rotatable bonds is 13. The van der Waals surface area contributed by atoms with Crippen molar-refractivity contribution in [3.63, 3.8) is 0 Å². The largest absolute Gasteiger partial charge is 2.00 e. The Morgan fingerprint density at radius 3 is 1.66 bits per heavy atom. The van der Waals surface area contributed by atoms with Gasteiger partial charge >= 0.3 is 23.0 Å². The van der Waals surface area contributed by atoms with Gasteiger partial charge in [-0.1, -0.05) is 36.5 Å². The third kappa shape index (κ3) is 10.8. The molecule has 0 bridgehead atoms. The Morgan fingerprint density at radius 1 is 0.702 bits per heavy atom. The molecule has 10 nitrogen and oxygen atoms in total. The second-order valence-corrected chi connectivity index (χ2v) is 11.6. The number of piperidine rings is 2. The molecular formula is C36H42CuN4O6. The number of aliphatic imine (C=N–C) groups is 2. The van der Waals surface area contributed by atoms with Gasteiger partial charge in [0.1, 0.15) is 24.7 Å². The summed E-state index contributed by atoms with van der Waals surface area (Å²) in [6.45, 7) is 7.09. The summed E-state index contributed by atoms with van der Waals surface area (Å²) >= 11 is 0. The van der Waals surface area contributed by atoms with E-state index in [0.717, 1.165) is 39.3 Å². The topological polar surface area (TPSA) is 122 Å². The van der Waals surface area contributed by atoms with Gasteiger partial charge in [-0.2, -0.15) is 0 Å². The molecule has 2 aliphatic heterocycles. The van der Waals surface area contributed by atoms with E-state index in [9.17, 15) is 15.0 Å². The second kappa shape index (κ2) is 18.4. The van der Waals surface area contributed by atoms with Crippen LogP contribution in [0.15, 0.2) is 64.6 Å². The molecule has 0 spiro atoms. The summed E-state index contributed by atoms with van der Waals surface area (Å²) in [6, 6.07) is 14.5. The molecule has 47 heavy (non-hydrogen) atoms. The van der Waals surface area contributed by atoms with Gasteiger partial charge < -0.3 is 24.4 Å². The Balaban J connectivity index is 0.00000500. The van der Waals surface area contributed by atoms with Crippen molar-refractivity contribution in [1.82, 2.24) is 9.80 Å². The van der Waals surface area contributed by atoms with Crippen LogP contribution in [0.3, 0.4) is 0 Å². The fourth-order valence-electron chi connectivity index (χ4n) is 5.63. The monoisotopic (exact) mass is 689 g/mol. The Bertz CT molecular complexity index is 1520. The first-order valence-corrected chi connectivity index (χ1v) is 16.1. The van der Waals surface area contributed by atoms with Crippen molar-refractivity contribution in [3.05, 3.63) is 71.3 Å². The second-order valence-electron chi connectivity index (χ2n) is 11.6. The quantitative estimate of drug-likeness (QED) is 0.142. The Hall–Kier alpha value is -3.89. The summed E-state index contributed by atoms with van der Waals surface area (Å²) in [5.74, 6) is 0.0651. The molecule has 3 aromatic carbocycles. The molecule has 2 saturated heterocycles. The number of nitrogens with zero attached hydrogens (tertiary/aromatic N) is 4. The predicted octanol–water partition coefficient (Wildman–Crippen LogP) is 4.85. The van der Waals surface area contributed by atoms with E-state index in [4.69, 9.17) is 14.2 Å². The van der Waals surface area contributed by atoms with E-state index in [1.165, 1.54) is 76.3 Å². The van der Waals surface area contributed by atoms with Crippen molar-refractivity contribution in [3.8, 4) is 23.0 Å². The minimum atomic E-state index is -0.528. The van der Waals surface area contributed by atoms with Gasteiger partial charge in [-0.05, 0) is 105 Å². The molecule has 1 radical (unpaired) electrons. The van der Waals surface area contributed by atoms with Crippen LogP contribution in [0.4, 0.5) is 11.4 Å². The Labute approximate surface area is 287 Å². The summed E-state index contributed by atoms with van der Waals surface area (Å²) in [6.07, 6.45) is 10.3. The maximum absolute atomic E-state index is 12.8. The van der Waals surface area contributed by atoms with E-state index in [1.54, 1.807) is 36.4 Å². The number of likely N-dealkylation sites (tertiary alicyclic amines) is 2. The number of carbonyl (C=O) groups excluding carboxylic acids is 1. The molecule has 0 amide bonds. The van der Waals surface area contributed by atoms with Crippen LogP contribution in [0.2, 0.25) is 0 Å². The van der Waals surface area contributed by atoms with Crippen LogP contribution >= 0.6 is 0 Å². The van der Waals surface area contributed by atoms with Crippen LogP contribution in [0, 0.1) is 0 Å². The molecule has 0 atom stereocenters. The number of carbonyl (C=O) groups is 1. The van der Waals surface area contributed by atoms with Crippen molar-refractivity contribution in [1.29, 1.82) is 0 Å². The van der Waals surface area contributed by atoms with Crippen molar-refractivity contribution in [2.24, 2.45) is 9.98 Å². The minimum Gasteiger partial charge on any atom is -0.872 e.